The number of ether oxygens (including phenoxy) is 1. The second-order valence-electron chi connectivity index (χ2n) is 16.7. The number of amides is 2. The Labute approximate surface area is 342 Å². The minimum Gasteiger partial charge on any atom is -0.395 e. The molecule has 3 aliphatic rings. The van der Waals surface area contributed by atoms with E-state index in [1.54, 1.807) is 22.7 Å². The highest BCUT2D eigenvalue weighted by Gasteiger charge is 2.66. The minimum absolute atomic E-state index is 0.121. The van der Waals surface area contributed by atoms with E-state index >= 15 is 8.90 Å². The van der Waals surface area contributed by atoms with Crippen LogP contribution in [0.4, 0.5) is 15.5 Å². The molecule has 10 nitrogen and oxygen atoms in total. The zero-order chi connectivity index (χ0) is 41.2. The fourth-order valence-electron chi connectivity index (χ4n) is 9.04. The Kier molecular flexibility index (Phi) is 12.1. The van der Waals surface area contributed by atoms with E-state index in [0.717, 1.165) is 29.7 Å². The first-order chi connectivity index (χ1) is 27.8. The first kappa shape index (κ1) is 41.1. The maximum absolute atomic E-state index is 16.7. The van der Waals surface area contributed by atoms with Gasteiger partial charge in [0, 0.05) is 49.2 Å². The number of nitrogens with zero attached hydrogens (tertiary/aromatic N) is 6. The lowest BCUT2D eigenvalue weighted by atomic mass is 9.82. The molecule has 3 aliphatic heterocycles. The van der Waals surface area contributed by atoms with E-state index in [0.29, 0.717) is 55.0 Å². The Morgan fingerprint density at radius 3 is 2.43 bits per heavy atom. The highest BCUT2D eigenvalue weighted by molar-refractivity contribution is 6.72. The van der Waals surface area contributed by atoms with Crippen LogP contribution in [0, 0.1) is 5.92 Å². The summed E-state index contributed by atoms with van der Waals surface area (Å²) >= 11 is 0. The number of halogens is 1. The predicted molar refractivity (Wildman–Crippen MR) is 229 cm³/mol. The number of benzene rings is 3. The number of allylic oxidation sites excluding steroid dienone is 3. The van der Waals surface area contributed by atoms with Gasteiger partial charge in [0.05, 0.1) is 41.4 Å². The zero-order valence-electron chi connectivity index (χ0n) is 34.4. The molecule has 12 heteroatoms. The molecule has 4 heterocycles. The van der Waals surface area contributed by atoms with Gasteiger partial charge in [-0.15, -0.1) is 5.10 Å². The van der Waals surface area contributed by atoms with Crippen LogP contribution in [0.15, 0.2) is 113 Å². The van der Waals surface area contributed by atoms with E-state index in [9.17, 15) is 9.90 Å². The molecule has 1 aromatic heterocycles. The van der Waals surface area contributed by atoms with Crippen LogP contribution in [0.3, 0.4) is 0 Å². The number of aromatic nitrogens is 3. The van der Waals surface area contributed by atoms with Crippen LogP contribution >= 0.6 is 0 Å². The highest BCUT2D eigenvalue weighted by atomic mass is 28.4. The number of anilines is 2. The molecule has 1 unspecified atom stereocenters. The Hall–Kier alpha value is -5.04. The van der Waals surface area contributed by atoms with Gasteiger partial charge in [-0.3, -0.25) is 14.3 Å². The number of rotatable bonds is 14. The minimum atomic E-state index is -3.46. The maximum Gasteiger partial charge on any atom is 0.264 e. The van der Waals surface area contributed by atoms with Crippen molar-refractivity contribution in [1.29, 1.82) is 0 Å². The summed E-state index contributed by atoms with van der Waals surface area (Å²) in [6, 6.07) is 25.1. The molecule has 5 atom stereocenters. The fourth-order valence-corrected chi connectivity index (χ4v) is 11.6. The molecule has 0 aliphatic carbocycles. The third kappa shape index (κ3) is 8.14. The topological polar surface area (TPSA) is 113 Å². The smallest absolute Gasteiger partial charge is 0.264 e. The summed E-state index contributed by atoms with van der Waals surface area (Å²) in [5, 5.41) is 25.3. The maximum atomic E-state index is 16.7. The van der Waals surface area contributed by atoms with Gasteiger partial charge < -0.3 is 18.9 Å². The van der Waals surface area contributed by atoms with Gasteiger partial charge >= 0.3 is 0 Å². The van der Waals surface area contributed by atoms with Crippen molar-refractivity contribution < 1.29 is 23.5 Å². The zero-order valence-corrected chi connectivity index (χ0v) is 35.4. The van der Waals surface area contributed by atoms with Crippen molar-refractivity contribution in [2.75, 3.05) is 23.1 Å². The van der Waals surface area contributed by atoms with Crippen molar-refractivity contribution in [3.05, 3.63) is 131 Å². The molecule has 1 fully saturated rings. The normalized spacial score (nSPS) is 22.7. The molecule has 0 bridgehead atoms. The first-order valence-electron chi connectivity index (χ1n) is 20.5. The molecule has 1 N–H and O–H groups in total. The van der Waals surface area contributed by atoms with Gasteiger partial charge in [0.2, 0.25) is 14.3 Å². The average molecular weight is 803 g/mol. The summed E-state index contributed by atoms with van der Waals surface area (Å²) in [6.45, 7) is 12.2. The van der Waals surface area contributed by atoms with Crippen molar-refractivity contribution >= 4 is 37.3 Å². The molecule has 58 heavy (non-hydrogen) atoms. The Bertz CT molecular complexity index is 2210. The molecule has 1 spiro atoms. The molecule has 0 saturated carbocycles. The third-order valence-electron chi connectivity index (χ3n) is 12.0. The third-order valence-corrected chi connectivity index (χ3v) is 14.4. The average Bonchev–Trinajstić information content (AvgIpc) is 3.86. The number of aryl methyl sites for hydroxylation is 1. The van der Waals surface area contributed by atoms with Crippen molar-refractivity contribution in [3.8, 4) is 0 Å². The number of carbonyl (C=O) groups is 2. The van der Waals surface area contributed by atoms with Crippen molar-refractivity contribution in [3.63, 3.8) is 0 Å². The summed E-state index contributed by atoms with van der Waals surface area (Å²) in [4.78, 5) is 30.4. The van der Waals surface area contributed by atoms with Gasteiger partial charge in [-0.1, -0.05) is 96.1 Å². The van der Waals surface area contributed by atoms with Crippen LogP contribution in [0.1, 0.15) is 88.1 Å². The van der Waals surface area contributed by atoms with Gasteiger partial charge in [-0.2, -0.15) is 5.10 Å². The van der Waals surface area contributed by atoms with Crippen LogP contribution in [0.25, 0.3) is 0 Å². The largest absolute Gasteiger partial charge is 0.395 e. The van der Waals surface area contributed by atoms with Crippen LogP contribution < -0.4 is 9.91 Å². The van der Waals surface area contributed by atoms with E-state index in [1.807, 2.05) is 92.0 Å². The number of aliphatic hydroxyl groups excluding tert-OH is 1. The van der Waals surface area contributed by atoms with Gasteiger partial charge in [-0.05, 0) is 82.5 Å². The van der Waals surface area contributed by atoms with E-state index in [2.05, 4.69) is 43.2 Å². The van der Waals surface area contributed by atoms with Crippen molar-refractivity contribution in [2.45, 2.75) is 103 Å². The first-order valence-corrected chi connectivity index (χ1v) is 23.4. The lowest BCUT2D eigenvalue weighted by molar-refractivity contribution is -0.145. The van der Waals surface area contributed by atoms with Gasteiger partial charge in [0.25, 0.3) is 5.91 Å². The van der Waals surface area contributed by atoms with Crippen molar-refractivity contribution in [2.24, 2.45) is 11.0 Å². The second kappa shape index (κ2) is 17.0. The van der Waals surface area contributed by atoms with Crippen LogP contribution in [0.5, 0.6) is 0 Å². The number of hydrogen-bond donors (Lipinski definition) is 1. The van der Waals surface area contributed by atoms with Gasteiger partial charge in [-0.25, -0.2) is 5.01 Å². The van der Waals surface area contributed by atoms with Crippen LogP contribution in [-0.2, 0) is 26.5 Å². The van der Waals surface area contributed by atoms with E-state index in [1.165, 1.54) is 16.2 Å². The quantitative estimate of drug-likeness (QED) is 0.0775. The Morgan fingerprint density at radius 2 is 1.74 bits per heavy atom. The number of aliphatic hydroxyl groups is 1. The molecular formula is C46H55FN6O4Si. The fraction of sp³-hybridized carbons (Fsp3) is 0.413. The number of carbonyl (C=O) groups excluding carboxylic acids is 2. The summed E-state index contributed by atoms with van der Waals surface area (Å²) in [7, 11) is -3.46. The molecule has 1 saturated heterocycles. The summed E-state index contributed by atoms with van der Waals surface area (Å²) in [6.07, 6.45) is 8.54. The van der Waals surface area contributed by atoms with Crippen LogP contribution in [-0.4, -0.2) is 65.3 Å². The summed E-state index contributed by atoms with van der Waals surface area (Å²) in [5.41, 5.74) is 5.64. The Morgan fingerprint density at radius 1 is 1.02 bits per heavy atom. The number of hydrazone groups is 1. The monoisotopic (exact) mass is 802 g/mol. The molecule has 3 aromatic carbocycles. The predicted octanol–water partition coefficient (Wildman–Crippen LogP) is 8.84. The Balaban J connectivity index is 1.24. The number of fused-ring (bicyclic) bond motifs is 2. The van der Waals surface area contributed by atoms with Gasteiger partial charge in [0.1, 0.15) is 0 Å². The molecule has 7 rings (SSSR count). The highest BCUT2D eigenvalue weighted by Crippen LogP contribution is 2.60. The van der Waals surface area contributed by atoms with Gasteiger partial charge in [0.15, 0.2) is 5.60 Å². The molecule has 4 aromatic rings. The summed E-state index contributed by atoms with van der Waals surface area (Å²) < 4.78 is 25.5. The lowest BCUT2D eigenvalue weighted by Crippen LogP contribution is -2.45. The standard InChI is InChI=1S/C46H55FN6O4Si/c1-31(2)14-13-15-32(3)24-27-52-41-22-20-36(53-43(55)23-21-39(49-53)35-18-11-8-12-19-35)28-38(41)46(45(52)56)33(4)44(58(5,6)47)42(57-46)25-26-51-29-40(48-50-51)37(30-54)34-16-9-7-10-17-34/h7-12,14,16-20,22,24,28-29,33,37,42,44,54H,13,15,21,23,25-27,30H2,1-6H3/b32-24+/t33-,37?,42+,44-,46+/m1/s1. The number of hydrogen-bond acceptors (Lipinski definition) is 7. The van der Waals surface area contributed by atoms with E-state index in [-0.39, 0.29) is 24.3 Å². The van der Waals surface area contributed by atoms with Crippen LogP contribution in [0.2, 0.25) is 18.6 Å². The van der Waals surface area contributed by atoms with Crippen molar-refractivity contribution in [1.82, 2.24) is 15.0 Å². The second-order valence-corrected chi connectivity index (χ2v) is 20.5. The molecule has 0 radical (unpaired) electrons. The van der Waals surface area contributed by atoms with E-state index < -0.39 is 31.6 Å². The SMILES string of the molecule is CC(C)=CCC/C(C)=C/CN1C(=O)[C@@]2(O[C@@H](CCn3cc(C(CO)c4ccccc4)nn3)[C@H]([Si](C)(C)F)[C@H]2C)c2cc(N3N=C(c4ccccc4)CCC3=O)ccc21. The molecule has 2 amide bonds. The summed E-state index contributed by atoms with van der Waals surface area (Å²) in [5.74, 6) is -1.20. The molecular weight excluding hydrogens is 748 g/mol. The van der Waals surface area contributed by atoms with E-state index in [4.69, 9.17) is 9.84 Å². The lowest BCUT2D eigenvalue weighted by Gasteiger charge is -2.31. The molecule has 304 valence electrons.